The van der Waals surface area contributed by atoms with E-state index in [4.69, 9.17) is 9.47 Å². The average Bonchev–Trinajstić information content (AvgIpc) is 2.95. The first-order chi connectivity index (χ1) is 10.5. The van der Waals surface area contributed by atoms with Gasteiger partial charge in [0.05, 0.1) is 12.7 Å². The van der Waals surface area contributed by atoms with Gasteiger partial charge >= 0.3 is 0 Å². The maximum atomic E-state index is 12.3. The first-order valence-electron chi connectivity index (χ1n) is 8.41. The molecule has 0 aromatic heterocycles. The van der Waals surface area contributed by atoms with Gasteiger partial charge in [0.1, 0.15) is 0 Å². The molecule has 0 aromatic carbocycles. The molecule has 2 aliphatic rings. The molecule has 0 spiro atoms. The highest BCUT2D eigenvalue weighted by Gasteiger charge is 2.29. The van der Waals surface area contributed by atoms with Gasteiger partial charge in [-0.25, -0.2) is 4.72 Å². The van der Waals surface area contributed by atoms with Crippen LogP contribution in [0.5, 0.6) is 0 Å². The van der Waals surface area contributed by atoms with Crippen molar-refractivity contribution >= 4 is 10.2 Å². The summed E-state index contributed by atoms with van der Waals surface area (Å²) in [4.78, 5) is 0. The third kappa shape index (κ3) is 5.77. The summed E-state index contributed by atoms with van der Waals surface area (Å²) < 4.78 is 39.8. The van der Waals surface area contributed by atoms with Crippen molar-refractivity contribution in [1.82, 2.24) is 9.03 Å². The smallest absolute Gasteiger partial charge is 0.279 e. The third-order valence-corrected chi connectivity index (χ3v) is 5.80. The fourth-order valence-electron chi connectivity index (χ4n) is 3.26. The summed E-state index contributed by atoms with van der Waals surface area (Å²) in [7, 11) is -3.35. The van der Waals surface area contributed by atoms with Crippen molar-refractivity contribution < 1.29 is 17.9 Å². The molecule has 0 aromatic rings. The molecule has 3 unspecified atom stereocenters. The zero-order chi connectivity index (χ0) is 16.0. The van der Waals surface area contributed by atoms with E-state index in [0.717, 1.165) is 25.9 Å². The van der Waals surface area contributed by atoms with E-state index in [1.54, 1.807) is 4.31 Å². The van der Waals surface area contributed by atoms with Crippen molar-refractivity contribution in [2.24, 2.45) is 11.8 Å². The minimum atomic E-state index is -3.35. The largest absolute Gasteiger partial charge is 0.379 e. The lowest BCUT2D eigenvalue weighted by molar-refractivity contribution is 0.0168. The second kappa shape index (κ2) is 8.59. The summed E-state index contributed by atoms with van der Waals surface area (Å²) in [6.07, 6.45) is 4.19. The quantitative estimate of drug-likeness (QED) is 0.681. The number of nitrogens with one attached hydrogen (secondary N) is 1. The van der Waals surface area contributed by atoms with Crippen LogP contribution in [0.4, 0.5) is 0 Å². The van der Waals surface area contributed by atoms with Crippen LogP contribution in [0.15, 0.2) is 0 Å². The maximum absolute atomic E-state index is 12.3. The van der Waals surface area contributed by atoms with Gasteiger partial charge in [0, 0.05) is 32.8 Å². The van der Waals surface area contributed by atoms with E-state index in [0.29, 0.717) is 51.1 Å². The zero-order valence-corrected chi connectivity index (χ0v) is 14.6. The summed E-state index contributed by atoms with van der Waals surface area (Å²) in [6, 6.07) is 0. The van der Waals surface area contributed by atoms with Crippen LogP contribution in [0.1, 0.15) is 39.5 Å². The molecule has 2 heterocycles. The van der Waals surface area contributed by atoms with Crippen molar-refractivity contribution in [3.63, 3.8) is 0 Å². The van der Waals surface area contributed by atoms with Gasteiger partial charge in [-0.3, -0.25) is 0 Å². The van der Waals surface area contributed by atoms with Crippen molar-refractivity contribution in [1.29, 1.82) is 0 Å². The van der Waals surface area contributed by atoms with Gasteiger partial charge in [-0.1, -0.05) is 13.8 Å². The molecule has 2 fully saturated rings. The minimum absolute atomic E-state index is 0.230. The fraction of sp³-hybridized carbons (Fsp3) is 1.00. The van der Waals surface area contributed by atoms with E-state index in [1.807, 2.05) is 0 Å². The standard InChI is InChI=1S/C15H30N2O4S/c1-13-9-14(2)11-17(10-13)22(18,19)16-6-4-7-20-12-15-5-3-8-21-15/h13-16H,3-12H2,1-2H3. The normalized spacial score (nSPS) is 30.7. The maximum Gasteiger partial charge on any atom is 0.279 e. The monoisotopic (exact) mass is 334 g/mol. The number of rotatable bonds is 8. The van der Waals surface area contributed by atoms with Gasteiger partial charge in [0.15, 0.2) is 0 Å². The summed E-state index contributed by atoms with van der Waals surface area (Å²) in [5.74, 6) is 0.852. The Labute approximate surface area is 134 Å². The molecular formula is C15H30N2O4S. The Hall–Kier alpha value is -0.210. The average molecular weight is 334 g/mol. The van der Waals surface area contributed by atoms with Crippen molar-refractivity contribution in [3.8, 4) is 0 Å². The summed E-state index contributed by atoms with van der Waals surface area (Å²) in [6.45, 7) is 7.90. The van der Waals surface area contributed by atoms with Gasteiger partial charge in [-0.2, -0.15) is 12.7 Å². The Morgan fingerprint density at radius 2 is 2.00 bits per heavy atom. The van der Waals surface area contributed by atoms with Crippen LogP contribution >= 0.6 is 0 Å². The van der Waals surface area contributed by atoms with Gasteiger partial charge in [-0.15, -0.1) is 0 Å². The molecule has 0 saturated carbocycles. The number of hydrogen-bond acceptors (Lipinski definition) is 4. The lowest BCUT2D eigenvalue weighted by Crippen LogP contribution is -2.48. The lowest BCUT2D eigenvalue weighted by atomic mass is 9.94. The predicted octanol–water partition coefficient (Wildman–Crippen LogP) is 1.38. The fourth-order valence-corrected chi connectivity index (χ4v) is 4.75. The van der Waals surface area contributed by atoms with Crippen LogP contribution in [-0.4, -0.2) is 58.3 Å². The van der Waals surface area contributed by atoms with Gasteiger partial charge < -0.3 is 9.47 Å². The molecule has 0 bridgehead atoms. The van der Waals surface area contributed by atoms with E-state index in [2.05, 4.69) is 18.6 Å². The van der Waals surface area contributed by atoms with Crippen LogP contribution in [-0.2, 0) is 19.7 Å². The molecular weight excluding hydrogens is 304 g/mol. The Morgan fingerprint density at radius 1 is 1.27 bits per heavy atom. The Morgan fingerprint density at radius 3 is 2.64 bits per heavy atom. The molecule has 2 saturated heterocycles. The van der Waals surface area contributed by atoms with Gasteiger partial charge in [-0.05, 0) is 37.5 Å². The zero-order valence-electron chi connectivity index (χ0n) is 13.8. The van der Waals surface area contributed by atoms with E-state index in [-0.39, 0.29) is 6.10 Å². The summed E-state index contributed by atoms with van der Waals surface area (Å²) in [5.41, 5.74) is 0. The van der Waals surface area contributed by atoms with Crippen LogP contribution in [0, 0.1) is 11.8 Å². The molecule has 3 atom stereocenters. The predicted molar refractivity (Wildman–Crippen MR) is 85.9 cm³/mol. The molecule has 1 N–H and O–H groups in total. The second-order valence-corrected chi connectivity index (χ2v) is 8.48. The van der Waals surface area contributed by atoms with E-state index < -0.39 is 10.2 Å². The summed E-state index contributed by atoms with van der Waals surface area (Å²) >= 11 is 0. The van der Waals surface area contributed by atoms with Crippen LogP contribution < -0.4 is 4.72 Å². The molecule has 2 rings (SSSR count). The van der Waals surface area contributed by atoms with E-state index in [9.17, 15) is 8.42 Å². The first-order valence-corrected chi connectivity index (χ1v) is 9.85. The molecule has 22 heavy (non-hydrogen) atoms. The number of nitrogens with zero attached hydrogens (tertiary/aromatic N) is 1. The van der Waals surface area contributed by atoms with Crippen molar-refractivity contribution in [2.75, 3.05) is 39.5 Å². The summed E-state index contributed by atoms with van der Waals surface area (Å²) in [5, 5.41) is 0. The lowest BCUT2D eigenvalue weighted by Gasteiger charge is -2.33. The SMILES string of the molecule is CC1CC(C)CN(S(=O)(=O)NCCCOCC2CCCO2)C1. The van der Waals surface area contributed by atoms with Crippen LogP contribution in [0.2, 0.25) is 0 Å². The number of ether oxygens (including phenoxy) is 2. The first kappa shape index (κ1) is 18.1. The Balaban J connectivity index is 1.60. The second-order valence-electron chi connectivity index (χ2n) is 6.73. The van der Waals surface area contributed by atoms with Gasteiger partial charge in [0.25, 0.3) is 10.2 Å². The molecule has 0 amide bonds. The number of piperidine rings is 1. The number of hydrogen-bond donors (Lipinski definition) is 1. The molecule has 6 nitrogen and oxygen atoms in total. The van der Waals surface area contributed by atoms with Crippen molar-refractivity contribution in [2.45, 2.75) is 45.6 Å². The Bertz CT molecular complexity index is 413. The highest BCUT2D eigenvalue weighted by Crippen LogP contribution is 2.22. The van der Waals surface area contributed by atoms with Crippen LogP contribution in [0.25, 0.3) is 0 Å². The molecule has 0 radical (unpaired) electrons. The molecule has 2 aliphatic heterocycles. The topological polar surface area (TPSA) is 67.9 Å². The van der Waals surface area contributed by atoms with Gasteiger partial charge in [0.2, 0.25) is 0 Å². The highest BCUT2D eigenvalue weighted by molar-refractivity contribution is 7.87. The van der Waals surface area contributed by atoms with Crippen LogP contribution in [0.3, 0.4) is 0 Å². The minimum Gasteiger partial charge on any atom is -0.379 e. The van der Waals surface area contributed by atoms with E-state index in [1.165, 1.54) is 0 Å². The molecule has 7 heteroatoms. The van der Waals surface area contributed by atoms with E-state index >= 15 is 0 Å². The van der Waals surface area contributed by atoms with Crippen molar-refractivity contribution in [3.05, 3.63) is 0 Å². The third-order valence-electron chi connectivity index (χ3n) is 4.25. The highest BCUT2D eigenvalue weighted by atomic mass is 32.2. The molecule has 130 valence electrons. The molecule has 0 aliphatic carbocycles. The Kier molecular flexibility index (Phi) is 7.08.